The summed E-state index contributed by atoms with van der Waals surface area (Å²) >= 11 is 4.48. The summed E-state index contributed by atoms with van der Waals surface area (Å²) in [7, 11) is 0. The van der Waals surface area contributed by atoms with E-state index in [4.69, 9.17) is 0 Å². The van der Waals surface area contributed by atoms with E-state index in [9.17, 15) is 9.59 Å². The van der Waals surface area contributed by atoms with Gasteiger partial charge in [0.2, 0.25) is 10.2 Å². The zero-order chi connectivity index (χ0) is 14.0. The molecule has 0 aliphatic carbocycles. The van der Waals surface area contributed by atoms with Gasteiger partial charge < -0.3 is 0 Å². The Morgan fingerprint density at radius 3 is 1.83 bits per heavy atom. The molecule has 0 amide bonds. The summed E-state index contributed by atoms with van der Waals surface area (Å²) in [5.74, 6) is 3.66. The topological polar surface area (TPSA) is 34.1 Å². The maximum absolute atomic E-state index is 11.2. The molecule has 0 heterocycles. The van der Waals surface area contributed by atoms with Gasteiger partial charge in [-0.25, -0.2) is 0 Å². The summed E-state index contributed by atoms with van der Waals surface area (Å²) in [5, 5.41) is 0.167. The fourth-order valence-electron chi connectivity index (χ4n) is 0.868. The molecule has 0 atom stereocenters. The van der Waals surface area contributed by atoms with Crippen molar-refractivity contribution in [2.75, 3.05) is 23.0 Å². The van der Waals surface area contributed by atoms with Crippen LogP contribution in [0.15, 0.2) is 24.3 Å². The van der Waals surface area contributed by atoms with Gasteiger partial charge in [0, 0.05) is 17.3 Å². The van der Waals surface area contributed by atoms with Crippen LogP contribution in [0.1, 0.15) is 20.3 Å². The van der Waals surface area contributed by atoms with E-state index in [2.05, 4.69) is 13.2 Å². The van der Waals surface area contributed by atoms with E-state index in [1.54, 1.807) is 13.8 Å². The Hall–Kier alpha value is -0.130. The number of hydrogen-bond donors (Lipinski definition) is 0. The van der Waals surface area contributed by atoms with E-state index in [0.717, 1.165) is 29.4 Å². The first-order valence-electron chi connectivity index (χ1n) is 5.68. The zero-order valence-electron chi connectivity index (χ0n) is 11.0. The Balaban J connectivity index is 3.32. The summed E-state index contributed by atoms with van der Waals surface area (Å²) < 4.78 is 0. The molecule has 0 spiro atoms. The number of carbonyl (C=O) groups excluding carboxylic acids is 2. The van der Waals surface area contributed by atoms with Gasteiger partial charge in [0.05, 0.1) is 0 Å². The molecule has 2 nitrogen and oxygen atoms in total. The monoisotopic (exact) mass is 304 g/mol. The summed E-state index contributed by atoms with van der Waals surface area (Å²) in [4.78, 5) is 22.4. The average molecular weight is 305 g/mol. The summed E-state index contributed by atoms with van der Waals surface area (Å²) in [6, 6.07) is 0. The van der Waals surface area contributed by atoms with E-state index in [1.165, 1.54) is 23.5 Å². The molecule has 0 aromatic carbocycles. The molecule has 0 aromatic rings. The van der Waals surface area contributed by atoms with Crippen LogP contribution in [0.25, 0.3) is 0 Å². The molecule has 0 bridgehead atoms. The van der Waals surface area contributed by atoms with Crippen molar-refractivity contribution in [3.63, 3.8) is 0 Å². The van der Waals surface area contributed by atoms with Crippen LogP contribution in [0.5, 0.6) is 0 Å². The minimum atomic E-state index is 0.0817. The quantitative estimate of drug-likeness (QED) is 0.478. The fraction of sp³-hybridized carbons (Fsp3) is 0.538. The second kappa shape index (κ2) is 10.8. The number of rotatable bonds is 9. The summed E-state index contributed by atoms with van der Waals surface area (Å²) in [5.41, 5.74) is 1.22. The molecule has 0 aromatic heterocycles. The summed E-state index contributed by atoms with van der Waals surface area (Å²) in [6.45, 7) is 10.7. The van der Waals surface area contributed by atoms with Crippen LogP contribution in [0.2, 0.25) is 0 Å². The molecule has 0 aliphatic heterocycles. The Kier molecular flexibility index (Phi) is 10.7. The van der Waals surface area contributed by atoms with Crippen LogP contribution >= 0.6 is 35.3 Å². The Labute approximate surface area is 122 Å². The van der Waals surface area contributed by atoms with Crippen molar-refractivity contribution in [2.45, 2.75) is 20.3 Å². The normalized spacial score (nSPS) is 10.1. The van der Waals surface area contributed by atoms with Crippen molar-refractivity contribution in [2.24, 2.45) is 0 Å². The molecule has 0 fully saturated rings. The molecular formula is C13H20O2S3. The van der Waals surface area contributed by atoms with Crippen molar-refractivity contribution >= 4 is 45.5 Å². The van der Waals surface area contributed by atoms with E-state index < -0.39 is 0 Å². The predicted octanol–water partition coefficient (Wildman–Crippen LogP) is 3.78. The molecule has 0 saturated heterocycles. The van der Waals surface area contributed by atoms with Crippen molar-refractivity contribution < 1.29 is 9.59 Å². The number of hydrogen-bond acceptors (Lipinski definition) is 5. The molecule has 18 heavy (non-hydrogen) atoms. The third-order valence-corrected chi connectivity index (χ3v) is 5.27. The second-order valence-corrected chi connectivity index (χ2v) is 7.16. The highest BCUT2D eigenvalue weighted by Crippen LogP contribution is 2.14. The first kappa shape index (κ1) is 17.9. The molecule has 0 unspecified atom stereocenters. The van der Waals surface area contributed by atoms with Crippen molar-refractivity contribution in [3.8, 4) is 0 Å². The van der Waals surface area contributed by atoms with Gasteiger partial charge >= 0.3 is 0 Å². The van der Waals surface area contributed by atoms with Gasteiger partial charge in [-0.2, -0.15) is 11.8 Å². The number of thioether (sulfide) groups is 3. The lowest BCUT2D eigenvalue weighted by Gasteiger charge is -2.02. The molecule has 5 heteroatoms. The lowest BCUT2D eigenvalue weighted by atomic mass is 10.4. The fourth-order valence-corrected chi connectivity index (χ4v) is 3.56. The molecule has 0 saturated carbocycles. The lowest BCUT2D eigenvalue weighted by molar-refractivity contribution is -0.108. The highest BCUT2D eigenvalue weighted by Gasteiger charge is 2.03. The van der Waals surface area contributed by atoms with Crippen LogP contribution < -0.4 is 0 Å². The van der Waals surface area contributed by atoms with Crippen LogP contribution in [0.4, 0.5) is 0 Å². The summed E-state index contributed by atoms with van der Waals surface area (Å²) in [6.07, 6.45) is 1.01. The van der Waals surface area contributed by atoms with E-state index in [1.807, 2.05) is 11.8 Å². The highest BCUT2D eigenvalue weighted by atomic mass is 32.2. The van der Waals surface area contributed by atoms with Gasteiger partial charge in [-0.3, -0.25) is 9.59 Å². The minimum Gasteiger partial charge on any atom is -0.282 e. The molecule has 0 N–H and O–H groups in total. The highest BCUT2D eigenvalue weighted by molar-refractivity contribution is 8.15. The third kappa shape index (κ3) is 9.85. The maximum atomic E-state index is 11.2. The van der Waals surface area contributed by atoms with Crippen molar-refractivity contribution in [1.82, 2.24) is 0 Å². The van der Waals surface area contributed by atoms with Gasteiger partial charge in [-0.15, -0.1) is 0 Å². The van der Waals surface area contributed by atoms with Gasteiger partial charge in [0.25, 0.3) is 0 Å². The van der Waals surface area contributed by atoms with Crippen molar-refractivity contribution in [3.05, 3.63) is 24.3 Å². The number of carbonyl (C=O) groups is 2. The van der Waals surface area contributed by atoms with Gasteiger partial charge in [-0.1, -0.05) is 36.7 Å². The third-order valence-electron chi connectivity index (χ3n) is 1.82. The van der Waals surface area contributed by atoms with Crippen LogP contribution in [-0.4, -0.2) is 33.2 Å². The largest absolute Gasteiger partial charge is 0.282 e. The lowest BCUT2D eigenvalue weighted by Crippen LogP contribution is -1.97. The smallest absolute Gasteiger partial charge is 0.214 e. The SMILES string of the molecule is C=C(C)C(=O)SCCCSCCSC(=O)C(=C)C. The van der Waals surface area contributed by atoms with E-state index in [-0.39, 0.29) is 10.2 Å². The standard InChI is InChI=1S/C13H20O2S3/c1-10(2)12(14)17-7-5-6-16-8-9-18-13(15)11(3)4/h1,3,5-9H2,2,4H3. The molecule has 0 rings (SSSR count). The van der Waals surface area contributed by atoms with E-state index in [0.29, 0.717) is 11.1 Å². The first-order chi connectivity index (χ1) is 8.45. The zero-order valence-corrected chi connectivity index (χ0v) is 13.4. The molecular weight excluding hydrogens is 284 g/mol. The Bertz CT molecular complexity index is 292. The van der Waals surface area contributed by atoms with Crippen molar-refractivity contribution in [1.29, 1.82) is 0 Å². The van der Waals surface area contributed by atoms with Gasteiger partial charge in [-0.05, 0) is 37.2 Å². The van der Waals surface area contributed by atoms with E-state index >= 15 is 0 Å². The molecule has 0 aliphatic rings. The molecule has 102 valence electrons. The second-order valence-electron chi connectivity index (χ2n) is 3.80. The minimum absolute atomic E-state index is 0.0817. The molecule has 0 radical (unpaired) electrons. The van der Waals surface area contributed by atoms with Gasteiger partial charge in [0.15, 0.2) is 0 Å². The van der Waals surface area contributed by atoms with Gasteiger partial charge in [0.1, 0.15) is 0 Å². The first-order valence-corrected chi connectivity index (χ1v) is 8.80. The Morgan fingerprint density at radius 2 is 1.33 bits per heavy atom. The van der Waals surface area contributed by atoms with Crippen LogP contribution in [0.3, 0.4) is 0 Å². The Morgan fingerprint density at radius 1 is 0.833 bits per heavy atom. The van der Waals surface area contributed by atoms with Crippen LogP contribution in [-0.2, 0) is 9.59 Å². The maximum Gasteiger partial charge on any atom is 0.214 e. The predicted molar refractivity (Wildman–Crippen MR) is 86.5 cm³/mol. The average Bonchev–Trinajstić information content (AvgIpc) is 2.31. The van der Waals surface area contributed by atoms with Crippen LogP contribution in [0, 0.1) is 0 Å².